The number of aromatic nitrogens is 1. The van der Waals surface area contributed by atoms with Crippen molar-refractivity contribution >= 4 is 29.4 Å². The maximum atomic E-state index is 12.0. The van der Waals surface area contributed by atoms with Gasteiger partial charge < -0.3 is 15.2 Å². The van der Waals surface area contributed by atoms with Gasteiger partial charge in [-0.15, -0.1) is 11.8 Å². The smallest absolute Gasteiger partial charge is 0.235 e. The molecule has 0 radical (unpaired) electrons. The molecule has 0 aliphatic rings. The Labute approximate surface area is 158 Å². The van der Waals surface area contributed by atoms with Gasteiger partial charge in [0.05, 0.1) is 11.5 Å². The number of hydrogen-bond donors (Lipinski definition) is 2. The maximum absolute atomic E-state index is 12.0. The van der Waals surface area contributed by atoms with Crippen molar-refractivity contribution in [1.29, 1.82) is 0 Å². The van der Waals surface area contributed by atoms with Crippen LogP contribution in [0.3, 0.4) is 0 Å². The van der Waals surface area contributed by atoms with Crippen LogP contribution in [0.25, 0.3) is 0 Å². The van der Waals surface area contributed by atoms with E-state index in [1.165, 1.54) is 22.9 Å². The van der Waals surface area contributed by atoms with Gasteiger partial charge in [-0.25, -0.2) is 0 Å². The number of thioether (sulfide) groups is 1. The summed E-state index contributed by atoms with van der Waals surface area (Å²) >= 11 is 1.26. The highest BCUT2D eigenvalue weighted by molar-refractivity contribution is 8.00. The number of benzene rings is 1. The summed E-state index contributed by atoms with van der Waals surface area (Å²) in [6.07, 6.45) is 0. The fourth-order valence-corrected chi connectivity index (χ4v) is 3.03. The van der Waals surface area contributed by atoms with E-state index >= 15 is 0 Å². The number of aryl methyl sites for hydroxylation is 2. The zero-order valence-corrected chi connectivity index (χ0v) is 16.4. The molecule has 2 rings (SSSR count). The lowest BCUT2D eigenvalue weighted by molar-refractivity contribution is -0.118. The largest absolute Gasteiger partial charge is 0.360 e. The molecule has 0 unspecified atom stereocenters. The van der Waals surface area contributed by atoms with E-state index in [0.29, 0.717) is 18.1 Å². The van der Waals surface area contributed by atoms with Crippen molar-refractivity contribution in [3.05, 3.63) is 47.2 Å². The first kappa shape index (κ1) is 20.0. The maximum Gasteiger partial charge on any atom is 0.235 e. The van der Waals surface area contributed by atoms with Gasteiger partial charge in [-0.05, 0) is 19.4 Å². The number of rotatable bonds is 8. The van der Waals surface area contributed by atoms with E-state index in [1.54, 1.807) is 13.0 Å². The molecule has 26 heavy (non-hydrogen) atoms. The molecule has 1 heterocycles. The molecule has 0 aliphatic carbocycles. The van der Waals surface area contributed by atoms with Crippen molar-refractivity contribution in [1.82, 2.24) is 10.5 Å². The highest BCUT2D eigenvalue weighted by Gasteiger charge is 2.21. The zero-order chi connectivity index (χ0) is 19.2. The van der Waals surface area contributed by atoms with Crippen LogP contribution < -0.4 is 10.6 Å². The lowest BCUT2D eigenvalue weighted by atomic mass is 9.84. The first-order chi connectivity index (χ1) is 12.3. The van der Waals surface area contributed by atoms with Crippen LogP contribution in [0.4, 0.5) is 5.82 Å². The summed E-state index contributed by atoms with van der Waals surface area (Å²) in [5.41, 5.74) is 2.23. The second kappa shape index (κ2) is 8.89. The van der Waals surface area contributed by atoms with Crippen LogP contribution in [0.5, 0.6) is 0 Å². The summed E-state index contributed by atoms with van der Waals surface area (Å²) in [4.78, 5) is 23.8. The van der Waals surface area contributed by atoms with Gasteiger partial charge >= 0.3 is 0 Å². The second-order valence-electron chi connectivity index (χ2n) is 6.89. The summed E-state index contributed by atoms with van der Waals surface area (Å²) in [5, 5.41) is 9.27. The molecule has 0 saturated carbocycles. The molecule has 140 valence electrons. The van der Waals surface area contributed by atoms with Crippen LogP contribution in [0, 0.1) is 13.8 Å². The molecular weight excluding hydrogens is 350 g/mol. The van der Waals surface area contributed by atoms with Gasteiger partial charge in [-0.3, -0.25) is 9.59 Å². The molecule has 2 N–H and O–H groups in total. The Kier molecular flexibility index (Phi) is 6.85. The molecule has 1 aromatic heterocycles. The van der Waals surface area contributed by atoms with E-state index in [0.717, 1.165) is 0 Å². The van der Waals surface area contributed by atoms with Crippen LogP contribution in [-0.4, -0.2) is 35.0 Å². The van der Waals surface area contributed by atoms with Crippen molar-refractivity contribution in [3.63, 3.8) is 0 Å². The normalized spacial score (nSPS) is 11.2. The summed E-state index contributed by atoms with van der Waals surface area (Å²) in [5.74, 6) is 1.13. The van der Waals surface area contributed by atoms with Crippen LogP contribution in [0.2, 0.25) is 0 Å². The number of amides is 2. The van der Waals surface area contributed by atoms with Gasteiger partial charge in [0.2, 0.25) is 11.8 Å². The second-order valence-corrected chi connectivity index (χ2v) is 7.88. The van der Waals surface area contributed by atoms with E-state index in [-0.39, 0.29) is 28.7 Å². The average molecular weight is 375 g/mol. The van der Waals surface area contributed by atoms with Gasteiger partial charge in [0.1, 0.15) is 5.76 Å². The molecule has 6 nitrogen and oxygen atoms in total. The van der Waals surface area contributed by atoms with Gasteiger partial charge in [0.25, 0.3) is 0 Å². The minimum Gasteiger partial charge on any atom is -0.360 e. The summed E-state index contributed by atoms with van der Waals surface area (Å²) in [7, 11) is 0. The monoisotopic (exact) mass is 375 g/mol. The van der Waals surface area contributed by atoms with E-state index in [9.17, 15) is 9.59 Å². The fourth-order valence-electron chi connectivity index (χ4n) is 2.38. The molecule has 0 atom stereocenters. The van der Waals surface area contributed by atoms with Crippen LogP contribution >= 0.6 is 11.8 Å². The first-order valence-electron chi connectivity index (χ1n) is 8.41. The quantitative estimate of drug-likeness (QED) is 0.741. The number of hydrogen-bond acceptors (Lipinski definition) is 5. The Morgan fingerprint density at radius 2 is 1.88 bits per heavy atom. The molecule has 2 aromatic rings. The third-order valence-electron chi connectivity index (χ3n) is 3.89. The summed E-state index contributed by atoms with van der Waals surface area (Å²) in [6.45, 7) is 8.55. The number of nitrogens with one attached hydrogen (secondary N) is 2. The molecule has 0 bridgehead atoms. The molecule has 0 fully saturated rings. The number of nitrogens with zero attached hydrogens (tertiary/aromatic N) is 1. The minimum atomic E-state index is -0.212. The molecule has 0 aliphatic heterocycles. The summed E-state index contributed by atoms with van der Waals surface area (Å²) in [6, 6.07) is 9.93. The van der Waals surface area contributed by atoms with Crippen molar-refractivity contribution in [3.8, 4) is 0 Å². The van der Waals surface area contributed by atoms with Crippen molar-refractivity contribution in [2.75, 3.05) is 23.4 Å². The predicted octanol–water partition coefficient (Wildman–Crippen LogP) is 3.06. The Morgan fingerprint density at radius 3 is 2.54 bits per heavy atom. The Balaban J connectivity index is 1.70. The Bertz CT molecular complexity index is 771. The van der Waals surface area contributed by atoms with Crippen molar-refractivity contribution in [2.45, 2.75) is 33.1 Å². The molecule has 1 aromatic carbocycles. The first-order valence-corrected chi connectivity index (χ1v) is 9.56. The molecule has 0 saturated heterocycles. The zero-order valence-electron chi connectivity index (χ0n) is 15.6. The Morgan fingerprint density at radius 1 is 1.15 bits per heavy atom. The molecule has 7 heteroatoms. The lowest BCUT2D eigenvalue weighted by Crippen LogP contribution is -2.37. The van der Waals surface area contributed by atoms with E-state index in [2.05, 4.69) is 54.8 Å². The third kappa shape index (κ3) is 6.22. The minimum absolute atomic E-state index is 0.0826. The third-order valence-corrected chi connectivity index (χ3v) is 4.82. The molecular formula is C19H25N3O3S. The summed E-state index contributed by atoms with van der Waals surface area (Å²) < 4.78 is 4.88. The molecule has 0 spiro atoms. The standard InChI is InChI=1S/C19H25N3O3S/c1-13-6-5-7-15(8-13)19(3,4)12-20-17(23)10-26-11-18(24)21-16-9-14(2)25-22-16/h5-9H,10-12H2,1-4H3,(H,20,23)(H,21,22,24). The lowest BCUT2D eigenvalue weighted by Gasteiger charge is -2.26. The number of carbonyl (C=O) groups is 2. The van der Waals surface area contributed by atoms with E-state index < -0.39 is 0 Å². The molecule has 2 amide bonds. The highest BCUT2D eigenvalue weighted by atomic mass is 32.2. The van der Waals surface area contributed by atoms with Gasteiger partial charge in [-0.2, -0.15) is 0 Å². The highest BCUT2D eigenvalue weighted by Crippen LogP contribution is 2.23. The van der Waals surface area contributed by atoms with Crippen LogP contribution in [0.1, 0.15) is 30.7 Å². The number of carbonyl (C=O) groups excluding carboxylic acids is 2. The number of anilines is 1. The van der Waals surface area contributed by atoms with Gasteiger partial charge in [-0.1, -0.05) is 48.8 Å². The SMILES string of the molecule is Cc1cccc(C(C)(C)CNC(=O)CSCC(=O)Nc2cc(C)on2)c1. The Hall–Kier alpha value is -2.28. The van der Waals surface area contributed by atoms with Gasteiger partial charge in [0.15, 0.2) is 5.82 Å². The van der Waals surface area contributed by atoms with E-state index in [1.807, 2.05) is 6.07 Å². The van der Waals surface area contributed by atoms with E-state index in [4.69, 9.17) is 4.52 Å². The fraction of sp³-hybridized carbons (Fsp3) is 0.421. The van der Waals surface area contributed by atoms with Crippen LogP contribution in [0.15, 0.2) is 34.9 Å². The average Bonchev–Trinajstić information content (AvgIpc) is 2.98. The predicted molar refractivity (Wildman–Crippen MR) is 104 cm³/mol. The van der Waals surface area contributed by atoms with Crippen LogP contribution in [-0.2, 0) is 15.0 Å². The van der Waals surface area contributed by atoms with Gasteiger partial charge in [0, 0.05) is 18.0 Å². The van der Waals surface area contributed by atoms with Crippen molar-refractivity contribution in [2.24, 2.45) is 0 Å². The topological polar surface area (TPSA) is 84.2 Å². The van der Waals surface area contributed by atoms with Crippen molar-refractivity contribution < 1.29 is 14.1 Å².